The van der Waals surface area contributed by atoms with E-state index in [9.17, 15) is 9.90 Å². The van der Waals surface area contributed by atoms with Crippen LogP contribution in [0.15, 0.2) is 58.1 Å². The molecule has 7 heteroatoms. The lowest BCUT2D eigenvalue weighted by atomic mass is 10.2. The molecule has 0 bridgehead atoms. The number of hydrogen-bond acceptors (Lipinski definition) is 5. The highest BCUT2D eigenvalue weighted by Gasteiger charge is 2.26. The molecule has 0 aliphatic heterocycles. The molecule has 0 aliphatic rings. The molecule has 2 aromatic carbocycles. The van der Waals surface area contributed by atoms with Crippen molar-refractivity contribution in [1.82, 2.24) is 5.27 Å². The number of rotatable bonds is 5. The van der Waals surface area contributed by atoms with Crippen LogP contribution in [0.3, 0.4) is 0 Å². The Labute approximate surface area is 155 Å². The van der Waals surface area contributed by atoms with Gasteiger partial charge in [-0.05, 0) is 54.9 Å². The Balaban J connectivity index is 1.77. The Hall–Kier alpha value is -2.80. The molecule has 0 radical (unpaired) electrons. The van der Waals surface area contributed by atoms with Gasteiger partial charge in [0.05, 0.1) is 10.5 Å². The van der Waals surface area contributed by atoms with Crippen LogP contribution < -0.4 is 15.1 Å². The number of nitrogens with zero attached hydrogens (tertiary/aromatic N) is 2. The summed E-state index contributed by atoms with van der Waals surface area (Å²) in [6.07, 6.45) is 0. The third kappa shape index (κ3) is 4.05. The molecular weight excluding hydrogens is 350 g/mol. The zero-order chi connectivity index (χ0) is 18.7. The molecule has 1 atom stereocenters. The average Bonchev–Trinajstić information content (AvgIpc) is 2.96. The molecule has 0 fully saturated rings. The van der Waals surface area contributed by atoms with E-state index >= 15 is 0 Å². The van der Waals surface area contributed by atoms with Crippen molar-refractivity contribution in [2.45, 2.75) is 31.0 Å². The van der Waals surface area contributed by atoms with E-state index in [0.29, 0.717) is 5.69 Å². The molecule has 0 saturated heterocycles. The highest BCUT2D eigenvalue weighted by atomic mass is 32.2. The van der Waals surface area contributed by atoms with E-state index in [-0.39, 0.29) is 10.9 Å². The molecule has 134 valence electrons. The minimum atomic E-state index is -0.564. The number of benzene rings is 2. The van der Waals surface area contributed by atoms with Crippen molar-refractivity contribution in [3.63, 3.8) is 0 Å². The van der Waals surface area contributed by atoms with Crippen molar-refractivity contribution in [2.75, 3.05) is 5.32 Å². The lowest BCUT2D eigenvalue weighted by Crippen LogP contribution is -2.36. The fraction of sp³-hybridized carbons (Fsp3) is 0.211. The number of aromatic nitrogens is 2. The first-order valence-corrected chi connectivity index (χ1v) is 9.02. The number of anilines is 1. The summed E-state index contributed by atoms with van der Waals surface area (Å²) in [7, 11) is 0. The molecule has 26 heavy (non-hydrogen) atoms. The van der Waals surface area contributed by atoms with E-state index < -0.39 is 11.2 Å². The van der Waals surface area contributed by atoms with Gasteiger partial charge in [0.15, 0.2) is 5.95 Å². The third-order valence-corrected chi connectivity index (χ3v) is 4.92. The van der Waals surface area contributed by atoms with E-state index in [1.807, 2.05) is 62.4 Å². The topological polar surface area (TPSA) is 82.1 Å². The summed E-state index contributed by atoms with van der Waals surface area (Å²) in [4.78, 5) is 12.5. The number of nitrogens with one attached hydrogen (secondary N) is 1. The molecule has 3 rings (SSSR count). The highest BCUT2D eigenvalue weighted by molar-refractivity contribution is 8.00. The predicted molar refractivity (Wildman–Crippen MR) is 97.3 cm³/mol. The van der Waals surface area contributed by atoms with Gasteiger partial charge < -0.3 is 14.9 Å². The molecule has 0 saturated carbocycles. The van der Waals surface area contributed by atoms with Gasteiger partial charge in [-0.2, -0.15) is 0 Å². The van der Waals surface area contributed by atoms with Crippen molar-refractivity contribution in [1.29, 1.82) is 0 Å². The summed E-state index contributed by atoms with van der Waals surface area (Å²) in [5, 5.41) is 18.5. The van der Waals surface area contributed by atoms with Crippen LogP contribution in [0.25, 0.3) is 5.69 Å². The summed E-state index contributed by atoms with van der Waals surface area (Å²) in [6.45, 7) is 5.67. The number of thioether (sulfide) groups is 1. The summed E-state index contributed by atoms with van der Waals surface area (Å²) >= 11 is 1.12. The van der Waals surface area contributed by atoms with Gasteiger partial charge in [-0.3, -0.25) is 4.79 Å². The minimum Gasteiger partial charge on any atom is -0.538 e. The van der Waals surface area contributed by atoms with E-state index in [4.69, 9.17) is 4.52 Å². The summed E-state index contributed by atoms with van der Waals surface area (Å²) < 4.78 is 6.22. The first-order chi connectivity index (χ1) is 12.4. The number of carbonyl (C=O) groups excluding carboxylic acids is 1. The van der Waals surface area contributed by atoms with Crippen LogP contribution in [0.1, 0.15) is 18.1 Å². The molecule has 1 unspecified atom stereocenters. The van der Waals surface area contributed by atoms with Crippen molar-refractivity contribution in [2.24, 2.45) is 0 Å². The summed E-state index contributed by atoms with van der Waals surface area (Å²) in [6, 6.07) is 15.1. The van der Waals surface area contributed by atoms with Gasteiger partial charge in [-0.25, -0.2) is 0 Å². The molecule has 0 aliphatic carbocycles. The second-order valence-corrected chi connectivity index (χ2v) is 7.36. The molecule has 3 aromatic rings. The fourth-order valence-corrected chi connectivity index (χ4v) is 3.25. The zero-order valence-corrected chi connectivity index (χ0v) is 15.5. The van der Waals surface area contributed by atoms with Crippen LogP contribution in [0.2, 0.25) is 0 Å². The van der Waals surface area contributed by atoms with Crippen LogP contribution in [0, 0.1) is 13.8 Å². The fourth-order valence-electron chi connectivity index (χ4n) is 2.38. The molecule has 1 aromatic heterocycles. The SMILES string of the molecule is Cc1ccc(-[n+]2noc([O-])c2SC(C)C(=O)Nc2cccc(C)c2)cc1. The lowest BCUT2D eigenvalue weighted by Gasteiger charge is -2.10. The smallest absolute Gasteiger partial charge is 0.298 e. The summed E-state index contributed by atoms with van der Waals surface area (Å²) in [5.41, 5.74) is 3.58. The first kappa shape index (κ1) is 18.0. The minimum absolute atomic E-state index is 0.198. The Bertz CT molecular complexity index is 922. The van der Waals surface area contributed by atoms with Gasteiger partial charge in [0.25, 0.3) is 5.03 Å². The second kappa shape index (κ2) is 7.61. The Morgan fingerprint density at radius 2 is 1.92 bits per heavy atom. The maximum Gasteiger partial charge on any atom is 0.298 e. The van der Waals surface area contributed by atoms with Gasteiger partial charge in [-0.15, -0.1) is 0 Å². The quantitative estimate of drug-likeness (QED) is 0.552. The van der Waals surface area contributed by atoms with Crippen molar-refractivity contribution in [3.8, 4) is 11.6 Å². The van der Waals surface area contributed by atoms with Gasteiger partial charge in [0, 0.05) is 17.8 Å². The van der Waals surface area contributed by atoms with Crippen LogP contribution >= 0.6 is 11.8 Å². The second-order valence-electron chi connectivity index (χ2n) is 6.03. The van der Waals surface area contributed by atoms with E-state index in [0.717, 1.165) is 28.6 Å². The Morgan fingerprint density at radius 1 is 1.19 bits per heavy atom. The Morgan fingerprint density at radius 3 is 2.62 bits per heavy atom. The normalized spacial score (nSPS) is 12.0. The van der Waals surface area contributed by atoms with Gasteiger partial charge in [0.1, 0.15) is 0 Å². The van der Waals surface area contributed by atoms with Gasteiger partial charge in [-0.1, -0.05) is 29.8 Å². The number of amides is 1. The van der Waals surface area contributed by atoms with E-state index in [2.05, 4.69) is 10.6 Å². The molecular formula is C19H19N3O3S. The van der Waals surface area contributed by atoms with Crippen LogP contribution in [0.4, 0.5) is 5.69 Å². The van der Waals surface area contributed by atoms with Crippen molar-refractivity contribution < 1.29 is 19.1 Å². The van der Waals surface area contributed by atoms with Crippen LogP contribution in [-0.2, 0) is 4.79 Å². The van der Waals surface area contributed by atoms with E-state index in [1.165, 1.54) is 4.68 Å². The monoisotopic (exact) mass is 369 g/mol. The predicted octanol–water partition coefficient (Wildman–Crippen LogP) is 2.76. The lowest BCUT2D eigenvalue weighted by molar-refractivity contribution is -0.705. The van der Waals surface area contributed by atoms with E-state index in [1.54, 1.807) is 6.92 Å². The van der Waals surface area contributed by atoms with Crippen molar-refractivity contribution >= 4 is 23.4 Å². The standard InChI is InChI=1S/C19H19N3O3S/c1-12-7-9-16(10-8-12)22-18(19(24)25-21-22)26-14(3)17(23)20-15-6-4-5-13(2)11-15/h4-11,14H,1-3H3,(H-,20,21,23,24). The highest BCUT2D eigenvalue weighted by Crippen LogP contribution is 2.28. The third-order valence-electron chi connectivity index (χ3n) is 3.79. The zero-order valence-electron chi connectivity index (χ0n) is 14.7. The van der Waals surface area contributed by atoms with Crippen molar-refractivity contribution in [3.05, 3.63) is 59.7 Å². The van der Waals surface area contributed by atoms with Crippen LogP contribution in [0.5, 0.6) is 5.95 Å². The van der Waals surface area contributed by atoms with Crippen LogP contribution in [-0.4, -0.2) is 16.4 Å². The maximum absolute atomic E-state index is 12.5. The van der Waals surface area contributed by atoms with Gasteiger partial charge >= 0.3 is 0 Å². The first-order valence-electron chi connectivity index (χ1n) is 8.14. The Kier molecular flexibility index (Phi) is 5.27. The van der Waals surface area contributed by atoms with Gasteiger partial charge in [0.2, 0.25) is 11.6 Å². The largest absolute Gasteiger partial charge is 0.538 e. The number of hydrogen-bond donors (Lipinski definition) is 1. The number of aryl methyl sites for hydroxylation is 2. The molecule has 1 amide bonds. The average molecular weight is 369 g/mol. The molecule has 1 N–H and O–H groups in total. The molecule has 1 heterocycles. The maximum atomic E-state index is 12.5. The summed E-state index contributed by atoms with van der Waals surface area (Å²) in [5.74, 6) is -0.762. The number of carbonyl (C=O) groups is 1. The molecule has 6 nitrogen and oxygen atoms in total. The molecule has 0 spiro atoms.